The Labute approximate surface area is 151 Å². The second-order valence-electron chi connectivity index (χ2n) is 5.86. The summed E-state index contributed by atoms with van der Waals surface area (Å²) in [4.78, 5) is 7.04. The van der Waals surface area contributed by atoms with Crippen LogP contribution in [0.25, 0.3) is 0 Å². The summed E-state index contributed by atoms with van der Waals surface area (Å²) < 4.78 is 117. The van der Waals surface area contributed by atoms with E-state index >= 15 is 0 Å². The number of nitrogens with zero attached hydrogens (tertiary/aromatic N) is 4. The molecule has 2 aliphatic heterocycles. The summed E-state index contributed by atoms with van der Waals surface area (Å²) in [5.74, 6) is -0.997. The highest BCUT2D eigenvalue weighted by Gasteiger charge is 2.52. The summed E-state index contributed by atoms with van der Waals surface area (Å²) in [6.07, 6.45) is -1.63. The van der Waals surface area contributed by atoms with Gasteiger partial charge in [-0.15, -0.1) is 0 Å². The van der Waals surface area contributed by atoms with Gasteiger partial charge in [-0.1, -0.05) is 0 Å². The summed E-state index contributed by atoms with van der Waals surface area (Å²) in [5.41, 5.74) is -1.94. The minimum absolute atomic E-state index is 0.108. The highest BCUT2D eigenvalue weighted by molar-refractivity contribution is 6.61. The molecule has 1 aromatic rings. The van der Waals surface area contributed by atoms with E-state index in [1.165, 1.54) is 0 Å². The quantitative estimate of drug-likeness (QED) is 0.742. The van der Waals surface area contributed by atoms with Crippen molar-refractivity contribution in [3.05, 3.63) is 12.3 Å². The summed E-state index contributed by atoms with van der Waals surface area (Å²) in [6.45, 7) is -11.1. The Balaban J connectivity index is 2.19. The first-order valence-corrected chi connectivity index (χ1v) is 6.65. The molecule has 0 amide bonds. The number of hydrogen-bond donors (Lipinski definition) is 0. The molecule has 6 nitrogen and oxygen atoms in total. The van der Waals surface area contributed by atoms with E-state index in [4.69, 9.17) is 27.1 Å². The standard InChI is InChI=1S/C15H25BN4O2/c1-14(2)15(3,4)22-16(21-14)12-10-18-13(11-17-12)20-8-6-19(5)7-9-20/h10-11H,6-9H2,1-5H3/i5D3,6D2,7D2,8D2,9D2,10D,11D. The van der Waals surface area contributed by atoms with E-state index in [0.29, 0.717) is 0 Å². The molecule has 22 heavy (non-hydrogen) atoms. The van der Waals surface area contributed by atoms with Gasteiger partial charge in [-0.25, -0.2) is 4.98 Å². The molecule has 2 fully saturated rings. The van der Waals surface area contributed by atoms with Crippen molar-refractivity contribution in [3.63, 3.8) is 0 Å². The Bertz CT molecular complexity index is 989. The molecule has 0 unspecified atom stereocenters. The second-order valence-corrected chi connectivity index (χ2v) is 5.86. The number of likely N-dealkylation sites (N-methyl/N-ethyl adjacent to an activating group) is 1. The van der Waals surface area contributed by atoms with Gasteiger partial charge < -0.3 is 19.1 Å². The zero-order valence-electron chi connectivity index (χ0n) is 25.7. The summed E-state index contributed by atoms with van der Waals surface area (Å²) in [5, 5.41) is 0. The summed E-state index contributed by atoms with van der Waals surface area (Å²) in [6, 6.07) is 0. The van der Waals surface area contributed by atoms with Crippen molar-refractivity contribution < 1.29 is 27.1 Å². The average molecular weight is 317 g/mol. The van der Waals surface area contributed by atoms with Crippen LogP contribution in [-0.2, 0) is 9.31 Å². The maximum Gasteiger partial charge on any atom is 0.516 e. The summed E-state index contributed by atoms with van der Waals surface area (Å²) >= 11 is 0. The van der Waals surface area contributed by atoms with Gasteiger partial charge in [0.15, 0.2) is 0 Å². The van der Waals surface area contributed by atoms with E-state index in [1.807, 2.05) is 0 Å². The first-order chi connectivity index (χ1) is 15.3. The number of anilines is 1. The zero-order chi connectivity index (χ0) is 27.4. The van der Waals surface area contributed by atoms with Gasteiger partial charge in [0.2, 0.25) is 0 Å². The normalized spacial score (nSPS) is 43.2. The smallest absolute Gasteiger partial charge is 0.398 e. The largest absolute Gasteiger partial charge is 0.516 e. The van der Waals surface area contributed by atoms with Crippen LogP contribution in [0.1, 0.15) is 45.5 Å². The lowest BCUT2D eigenvalue weighted by Crippen LogP contribution is -2.45. The van der Waals surface area contributed by atoms with E-state index in [-0.39, 0.29) is 10.5 Å². The predicted molar refractivity (Wildman–Crippen MR) is 87.5 cm³/mol. The fourth-order valence-electron chi connectivity index (χ4n) is 1.79. The Kier molecular flexibility index (Phi) is 1.59. The van der Waals surface area contributed by atoms with Crippen molar-refractivity contribution in [2.75, 3.05) is 37.9 Å². The lowest BCUT2D eigenvalue weighted by molar-refractivity contribution is 0.00578. The highest BCUT2D eigenvalue weighted by Crippen LogP contribution is 2.36. The molecule has 0 N–H and O–H groups in total. The molecular weight excluding hydrogens is 279 g/mol. The fourth-order valence-corrected chi connectivity index (χ4v) is 1.79. The minimum atomic E-state index is -3.64. The first kappa shape index (κ1) is 6.38. The van der Waals surface area contributed by atoms with Crippen molar-refractivity contribution in [1.82, 2.24) is 14.9 Å². The van der Waals surface area contributed by atoms with E-state index in [2.05, 4.69) is 9.97 Å². The topological polar surface area (TPSA) is 50.7 Å². The van der Waals surface area contributed by atoms with E-state index < -0.39 is 74.3 Å². The van der Waals surface area contributed by atoms with Gasteiger partial charge in [0.05, 0.1) is 31.2 Å². The second kappa shape index (κ2) is 5.47. The highest BCUT2D eigenvalue weighted by atomic mass is 16.7. The molecule has 3 rings (SSSR count). The maximum absolute atomic E-state index is 8.32. The Morgan fingerprint density at radius 1 is 1.14 bits per heavy atom. The van der Waals surface area contributed by atoms with Crippen molar-refractivity contribution in [2.24, 2.45) is 0 Å². The van der Waals surface area contributed by atoms with Crippen molar-refractivity contribution in [1.29, 1.82) is 0 Å². The molecule has 0 saturated carbocycles. The lowest BCUT2D eigenvalue weighted by Gasteiger charge is -2.32. The van der Waals surface area contributed by atoms with Crippen LogP contribution in [-0.4, -0.2) is 66.2 Å². The molecular formula is C15H25BN4O2. The van der Waals surface area contributed by atoms with Gasteiger partial charge in [-0.05, 0) is 34.7 Å². The predicted octanol–water partition coefficient (Wildman–Crippen LogP) is 0.528. The Morgan fingerprint density at radius 3 is 2.36 bits per heavy atom. The van der Waals surface area contributed by atoms with Crippen LogP contribution >= 0.6 is 0 Å². The molecule has 7 heteroatoms. The summed E-state index contributed by atoms with van der Waals surface area (Å²) in [7, 11) is -1.24. The van der Waals surface area contributed by atoms with Crippen molar-refractivity contribution in [3.8, 4) is 0 Å². The van der Waals surface area contributed by atoms with Gasteiger partial charge in [0.25, 0.3) is 0 Å². The van der Waals surface area contributed by atoms with Crippen LogP contribution in [0.5, 0.6) is 0 Å². The van der Waals surface area contributed by atoms with E-state index in [9.17, 15) is 0 Å². The van der Waals surface area contributed by atoms with Gasteiger partial charge in [-0.2, -0.15) is 0 Å². The van der Waals surface area contributed by atoms with Crippen LogP contribution in [0.2, 0.25) is 0 Å². The van der Waals surface area contributed by atoms with Crippen LogP contribution in [0, 0.1) is 0 Å². The third-order valence-corrected chi connectivity index (χ3v) is 3.79. The molecule has 0 spiro atoms. The first-order valence-electron chi connectivity index (χ1n) is 13.2. The Morgan fingerprint density at radius 2 is 1.77 bits per heavy atom. The molecule has 0 bridgehead atoms. The van der Waals surface area contributed by atoms with Gasteiger partial charge in [0, 0.05) is 41.8 Å². The molecule has 0 atom stereocenters. The van der Waals surface area contributed by atoms with E-state index in [0.717, 1.165) is 0 Å². The minimum Gasteiger partial charge on any atom is -0.398 e. The molecule has 2 saturated heterocycles. The Hall–Kier alpha value is -1.18. The van der Waals surface area contributed by atoms with Crippen molar-refractivity contribution in [2.45, 2.75) is 38.9 Å². The third kappa shape index (κ3) is 2.85. The fraction of sp³-hybridized carbons (Fsp3) is 0.733. The van der Waals surface area contributed by atoms with E-state index in [1.54, 1.807) is 27.7 Å². The molecule has 3 heterocycles. The van der Waals surface area contributed by atoms with Crippen LogP contribution in [0.4, 0.5) is 5.82 Å². The molecule has 1 aromatic heterocycles. The van der Waals surface area contributed by atoms with Gasteiger partial charge >= 0.3 is 7.12 Å². The lowest BCUT2D eigenvalue weighted by atomic mass is 9.85. The molecule has 0 aromatic carbocycles. The SMILES string of the molecule is [2H]c1nc(N2C([2H])([2H])C([2H])([2H])N(C([2H])([2H])[2H])C([2H])([2H])C2([2H])[2H])c([2H])nc1B1OC(C)(C)C(C)(C)O1. The number of piperazine rings is 1. The number of hydrogen-bond acceptors (Lipinski definition) is 6. The van der Waals surface area contributed by atoms with Crippen molar-refractivity contribution >= 4 is 18.5 Å². The molecule has 2 aliphatic rings. The van der Waals surface area contributed by atoms with Crippen LogP contribution in [0.3, 0.4) is 0 Å². The monoisotopic (exact) mass is 317 g/mol. The molecule has 0 aliphatic carbocycles. The maximum atomic E-state index is 8.32. The average Bonchev–Trinajstić information content (AvgIpc) is 2.81. The third-order valence-electron chi connectivity index (χ3n) is 3.79. The van der Waals surface area contributed by atoms with Gasteiger partial charge in [-0.3, -0.25) is 4.98 Å². The number of rotatable bonds is 2. The zero-order valence-corrected chi connectivity index (χ0v) is 12.7. The van der Waals surface area contributed by atoms with Crippen LogP contribution < -0.4 is 10.5 Å². The van der Waals surface area contributed by atoms with Crippen LogP contribution in [0.15, 0.2) is 12.3 Å². The van der Waals surface area contributed by atoms with Gasteiger partial charge in [0.1, 0.15) is 5.82 Å². The number of aromatic nitrogens is 2. The molecule has 0 radical (unpaired) electrons. The molecule has 120 valence electrons.